The third-order valence-corrected chi connectivity index (χ3v) is 3.06. The number of nitrogens with zero attached hydrogens (tertiary/aromatic N) is 2. The lowest BCUT2D eigenvalue weighted by Gasteiger charge is -2.23. The van der Waals surface area contributed by atoms with Gasteiger partial charge in [-0.15, -0.1) is 0 Å². The molecule has 0 fully saturated rings. The zero-order valence-electron chi connectivity index (χ0n) is 11.2. The fourth-order valence-electron chi connectivity index (χ4n) is 1.90. The lowest BCUT2D eigenvalue weighted by molar-refractivity contribution is 0.236. The minimum Gasteiger partial charge on any atom is -0.508 e. The molecule has 0 atom stereocenters. The molecule has 0 spiro atoms. The number of phenolic OH excluding ortho intramolecular Hbond substituents is 1. The van der Waals surface area contributed by atoms with Gasteiger partial charge in [0.2, 0.25) is 0 Å². The van der Waals surface area contributed by atoms with Crippen molar-refractivity contribution in [3.63, 3.8) is 0 Å². The summed E-state index contributed by atoms with van der Waals surface area (Å²) in [5.74, 6) is 0.347. The zero-order valence-corrected chi connectivity index (χ0v) is 11.2. The predicted molar refractivity (Wildman–Crippen MR) is 72.2 cm³/mol. The van der Waals surface area contributed by atoms with Gasteiger partial charge in [-0.3, -0.25) is 0 Å². The summed E-state index contributed by atoms with van der Waals surface area (Å²) in [5, 5.41) is 9.39. The van der Waals surface area contributed by atoms with E-state index in [0.29, 0.717) is 5.75 Å². The highest BCUT2D eigenvalue weighted by Gasteiger charge is 2.04. The lowest BCUT2D eigenvalue weighted by Crippen LogP contribution is -2.32. The Hall–Kier alpha value is -1.06. The number of benzene rings is 1. The molecule has 17 heavy (non-hydrogen) atoms. The van der Waals surface area contributed by atoms with Gasteiger partial charge in [0, 0.05) is 19.6 Å². The SMILES string of the molecule is CCN(CC)CCN(C)Cc1cccc(O)c1. The average Bonchev–Trinajstić information content (AvgIpc) is 2.30. The topological polar surface area (TPSA) is 26.7 Å². The third kappa shape index (κ3) is 5.20. The van der Waals surface area contributed by atoms with Crippen LogP contribution < -0.4 is 0 Å². The van der Waals surface area contributed by atoms with Crippen molar-refractivity contribution in [2.75, 3.05) is 33.2 Å². The van der Waals surface area contributed by atoms with Gasteiger partial charge in [0.05, 0.1) is 0 Å². The van der Waals surface area contributed by atoms with Gasteiger partial charge in [0.1, 0.15) is 5.75 Å². The second-order valence-corrected chi connectivity index (χ2v) is 4.43. The Labute approximate surface area is 105 Å². The fourth-order valence-corrected chi connectivity index (χ4v) is 1.90. The van der Waals surface area contributed by atoms with Crippen molar-refractivity contribution in [3.05, 3.63) is 29.8 Å². The molecule has 96 valence electrons. The molecular weight excluding hydrogens is 212 g/mol. The van der Waals surface area contributed by atoms with E-state index in [4.69, 9.17) is 0 Å². The summed E-state index contributed by atoms with van der Waals surface area (Å²) in [5.41, 5.74) is 1.16. The molecular formula is C14H24N2O. The van der Waals surface area contributed by atoms with E-state index < -0.39 is 0 Å². The molecule has 0 unspecified atom stereocenters. The smallest absolute Gasteiger partial charge is 0.115 e. The molecule has 3 heteroatoms. The van der Waals surface area contributed by atoms with Crippen LogP contribution in [0, 0.1) is 0 Å². The Kier molecular flexibility index (Phi) is 6.01. The molecule has 0 aliphatic rings. The van der Waals surface area contributed by atoms with Gasteiger partial charge in [0.15, 0.2) is 0 Å². The van der Waals surface area contributed by atoms with Crippen molar-refractivity contribution in [3.8, 4) is 5.75 Å². The molecule has 0 saturated heterocycles. The summed E-state index contributed by atoms with van der Waals surface area (Å²) in [6.45, 7) is 9.64. The number of aromatic hydroxyl groups is 1. The van der Waals surface area contributed by atoms with Crippen molar-refractivity contribution >= 4 is 0 Å². The quantitative estimate of drug-likeness (QED) is 0.786. The van der Waals surface area contributed by atoms with Gasteiger partial charge in [-0.05, 0) is 37.8 Å². The monoisotopic (exact) mass is 236 g/mol. The van der Waals surface area contributed by atoms with Crippen molar-refractivity contribution in [1.82, 2.24) is 9.80 Å². The Balaban J connectivity index is 2.36. The molecule has 3 nitrogen and oxygen atoms in total. The van der Waals surface area contributed by atoms with Crippen LogP contribution in [0.5, 0.6) is 5.75 Å². The highest BCUT2D eigenvalue weighted by molar-refractivity contribution is 5.26. The van der Waals surface area contributed by atoms with E-state index in [1.807, 2.05) is 18.2 Å². The van der Waals surface area contributed by atoms with Crippen LogP contribution in [0.1, 0.15) is 19.4 Å². The minimum absolute atomic E-state index is 0.347. The van der Waals surface area contributed by atoms with Gasteiger partial charge in [0.25, 0.3) is 0 Å². The Morgan fingerprint density at radius 1 is 1.12 bits per heavy atom. The van der Waals surface area contributed by atoms with Crippen molar-refractivity contribution < 1.29 is 5.11 Å². The van der Waals surface area contributed by atoms with E-state index in [2.05, 4.69) is 30.7 Å². The van der Waals surface area contributed by atoms with Crippen LogP contribution in [0.3, 0.4) is 0 Å². The van der Waals surface area contributed by atoms with Crippen LogP contribution in [0.15, 0.2) is 24.3 Å². The van der Waals surface area contributed by atoms with E-state index in [9.17, 15) is 5.11 Å². The molecule has 1 rings (SSSR count). The van der Waals surface area contributed by atoms with Crippen LogP contribution in [-0.2, 0) is 6.54 Å². The molecule has 0 aliphatic carbocycles. The van der Waals surface area contributed by atoms with Gasteiger partial charge in [-0.2, -0.15) is 0 Å². The van der Waals surface area contributed by atoms with Crippen molar-refractivity contribution in [1.29, 1.82) is 0 Å². The third-order valence-electron chi connectivity index (χ3n) is 3.06. The lowest BCUT2D eigenvalue weighted by atomic mass is 10.2. The molecule has 0 heterocycles. The van der Waals surface area contributed by atoms with Gasteiger partial charge in [-0.25, -0.2) is 0 Å². The van der Waals surface area contributed by atoms with Crippen LogP contribution >= 0.6 is 0 Å². The maximum absolute atomic E-state index is 9.39. The second-order valence-electron chi connectivity index (χ2n) is 4.43. The molecule has 1 aromatic carbocycles. The van der Waals surface area contributed by atoms with Crippen molar-refractivity contribution in [2.24, 2.45) is 0 Å². The van der Waals surface area contributed by atoms with E-state index in [1.54, 1.807) is 6.07 Å². The standard InChI is InChI=1S/C14H24N2O/c1-4-16(5-2)10-9-15(3)12-13-7-6-8-14(17)11-13/h6-8,11,17H,4-5,9-10,12H2,1-3H3. The predicted octanol–water partition coefficient (Wildman–Crippen LogP) is 2.17. The van der Waals surface area contributed by atoms with Gasteiger partial charge < -0.3 is 14.9 Å². The van der Waals surface area contributed by atoms with Gasteiger partial charge >= 0.3 is 0 Å². The largest absolute Gasteiger partial charge is 0.508 e. The molecule has 0 aliphatic heterocycles. The molecule has 0 bridgehead atoms. The first kappa shape index (κ1) is 14.0. The number of hydrogen-bond acceptors (Lipinski definition) is 3. The number of phenols is 1. The first-order chi connectivity index (χ1) is 8.15. The Bertz CT molecular complexity index is 324. The summed E-state index contributed by atoms with van der Waals surface area (Å²) < 4.78 is 0. The first-order valence-electron chi connectivity index (χ1n) is 6.34. The molecule has 1 aromatic rings. The maximum atomic E-state index is 9.39. The summed E-state index contributed by atoms with van der Waals surface area (Å²) in [6, 6.07) is 7.48. The van der Waals surface area contributed by atoms with Crippen LogP contribution in [0.25, 0.3) is 0 Å². The summed E-state index contributed by atoms with van der Waals surface area (Å²) in [6.07, 6.45) is 0. The summed E-state index contributed by atoms with van der Waals surface area (Å²) in [4.78, 5) is 4.70. The molecule has 0 aromatic heterocycles. The van der Waals surface area contributed by atoms with E-state index in [-0.39, 0.29) is 0 Å². The fraction of sp³-hybridized carbons (Fsp3) is 0.571. The summed E-state index contributed by atoms with van der Waals surface area (Å²) >= 11 is 0. The maximum Gasteiger partial charge on any atom is 0.115 e. The highest BCUT2D eigenvalue weighted by Crippen LogP contribution is 2.12. The Morgan fingerprint density at radius 3 is 2.41 bits per heavy atom. The minimum atomic E-state index is 0.347. The van der Waals surface area contributed by atoms with E-state index in [0.717, 1.165) is 38.3 Å². The van der Waals surface area contributed by atoms with Crippen LogP contribution in [0.4, 0.5) is 0 Å². The number of likely N-dealkylation sites (N-methyl/N-ethyl adjacent to an activating group) is 2. The number of rotatable bonds is 7. The first-order valence-corrected chi connectivity index (χ1v) is 6.34. The highest BCUT2D eigenvalue weighted by atomic mass is 16.3. The average molecular weight is 236 g/mol. The van der Waals surface area contributed by atoms with E-state index in [1.165, 1.54) is 0 Å². The molecule has 0 amide bonds. The molecule has 1 N–H and O–H groups in total. The molecule has 0 saturated carbocycles. The Morgan fingerprint density at radius 2 is 1.82 bits per heavy atom. The normalized spacial score (nSPS) is 11.4. The number of hydrogen-bond donors (Lipinski definition) is 1. The van der Waals surface area contributed by atoms with Gasteiger partial charge in [-0.1, -0.05) is 26.0 Å². The van der Waals surface area contributed by atoms with E-state index >= 15 is 0 Å². The second kappa shape index (κ2) is 7.30. The molecule has 0 radical (unpaired) electrons. The van der Waals surface area contributed by atoms with Crippen LogP contribution in [-0.4, -0.2) is 48.1 Å². The zero-order chi connectivity index (χ0) is 12.7. The van der Waals surface area contributed by atoms with Crippen molar-refractivity contribution in [2.45, 2.75) is 20.4 Å². The summed E-state index contributed by atoms with van der Waals surface area (Å²) in [7, 11) is 2.12. The van der Waals surface area contributed by atoms with Crippen LogP contribution in [0.2, 0.25) is 0 Å².